The lowest BCUT2D eigenvalue weighted by Gasteiger charge is -2.51. The molecular formula is C27H45N3O2S. The molecule has 3 rings (SSSR count). The number of carbonyl (C=O) groups is 1. The Hall–Kier alpha value is -1.43. The molecule has 0 aromatic carbocycles. The van der Waals surface area contributed by atoms with Crippen molar-refractivity contribution in [3.8, 4) is 0 Å². The zero-order valence-corrected chi connectivity index (χ0v) is 22.6. The highest BCUT2D eigenvalue weighted by atomic mass is 32.1. The van der Waals surface area contributed by atoms with Gasteiger partial charge in [0.1, 0.15) is 0 Å². The van der Waals surface area contributed by atoms with E-state index in [4.69, 9.17) is 9.73 Å². The summed E-state index contributed by atoms with van der Waals surface area (Å²) in [6.07, 6.45) is 10.1. The number of nitrogens with zero attached hydrogens (tertiary/aromatic N) is 3. The molecule has 1 heterocycles. The number of aromatic nitrogens is 1. The van der Waals surface area contributed by atoms with Crippen molar-refractivity contribution in [2.75, 3.05) is 7.11 Å². The predicted octanol–water partition coefficient (Wildman–Crippen LogP) is 6.74. The predicted molar refractivity (Wildman–Crippen MR) is 138 cm³/mol. The van der Waals surface area contributed by atoms with E-state index in [1.807, 2.05) is 5.38 Å². The summed E-state index contributed by atoms with van der Waals surface area (Å²) in [5.41, 5.74) is 0.739. The Kier molecular flexibility index (Phi) is 9.37. The third-order valence-corrected chi connectivity index (χ3v) is 8.93. The van der Waals surface area contributed by atoms with Gasteiger partial charge in [-0.05, 0) is 61.2 Å². The van der Waals surface area contributed by atoms with Crippen molar-refractivity contribution < 1.29 is 9.53 Å². The van der Waals surface area contributed by atoms with Gasteiger partial charge in [-0.3, -0.25) is 4.79 Å². The molecule has 0 aliphatic heterocycles. The van der Waals surface area contributed by atoms with Crippen molar-refractivity contribution in [2.45, 2.75) is 98.6 Å². The number of carbonyl (C=O) groups excluding carboxylic acids is 1. The highest BCUT2D eigenvalue weighted by Gasteiger charge is 2.41. The van der Waals surface area contributed by atoms with Crippen LogP contribution in [0.25, 0.3) is 0 Å². The minimum atomic E-state index is -0.260. The van der Waals surface area contributed by atoms with Gasteiger partial charge in [0.05, 0.1) is 25.6 Å². The quantitative estimate of drug-likeness (QED) is 0.237. The average molecular weight is 476 g/mol. The van der Waals surface area contributed by atoms with E-state index in [-0.39, 0.29) is 12.4 Å². The Morgan fingerprint density at radius 3 is 2.12 bits per heavy atom. The van der Waals surface area contributed by atoms with Gasteiger partial charge in [-0.25, -0.2) is 9.98 Å². The molecule has 33 heavy (non-hydrogen) atoms. The Morgan fingerprint density at radius 2 is 1.64 bits per heavy atom. The largest absolute Gasteiger partial charge is 0.469 e. The SMILES string of the molecule is COC(=O)Cc1csc(N=CN(C2CC(C)CCC2C(C)C)C2CC(C)CCC2C(C)C)n1. The lowest BCUT2D eigenvalue weighted by atomic mass is 9.69. The van der Waals surface area contributed by atoms with E-state index >= 15 is 0 Å². The first kappa shape index (κ1) is 26.2. The van der Waals surface area contributed by atoms with Crippen LogP contribution in [0.15, 0.2) is 10.4 Å². The third kappa shape index (κ3) is 6.80. The molecule has 0 spiro atoms. The fourth-order valence-corrected chi connectivity index (χ4v) is 6.83. The third-order valence-electron chi connectivity index (χ3n) is 8.13. The number of methoxy groups -OCH3 is 1. The van der Waals surface area contributed by atoms with Gasteiger partial charge in [0, 0.05) is 17.5 Å². The van der Waals surface area contributed by atoms with E-state index < -0.39 is 0 Å². The van der Waals surface area contributed by atoms with Gasteiger partial charge in [0.15, 0.2) is 0 Å². The maximum absolute atomic E-state index is 11.6. The normalized spacial score (nSPS) is 30.8. The van der Waals surface area contributed by atoms with Gasteiger partial charge in [-0.1, -0.05) is 54.4 Å². The van der Waals surface area contributed by atoms with Crippen molar-refractivity contribution in [1.82, 2.24) is 9.88 Å². The van der Waals surface area contributed by atoms with Crippen LogP contribution < -0.4 is 0 Å². The van der Waals surface area contributed by atoms with Crippen LogP contribution in [0.4, 0.5) is 5.13 Å². The molecule has 0 saturated heterocycles. The lowest BCUT2D eigenvalue weighted by Crippen LogP contribution is -2.54. The van der Waals surface area contributed by atoms with Crippen LogP contribution in [0.5, 0.6) is 0 Å². The maximum Gasteiger partial charge on any atom is 0.311 e. The summed E-state index contributed by atoms with van der Waals surface area (Å²) >= 11 is 1.51. The van der Waals surface area contributed by atoms with Crippen molar-refractivity contribution >= 4 is 28.8 Å². The molecule has 6 unspecified atom stereocenters. The highest BCUT2D eigenvalue weighted by Crippen LogP contribution is 2.42. The molecule has 0 amide bonds. The van der Waals surface area contributed by atoms with Crippen molar-refractivity contribution in [1.29, 1.82) is 0 Å². The Balaban J connectivity index is 1.92. The molecule has 0 radical (unpaired) electrons. The van der Waals surface area contributed by atoms with Crippen LogP contribution in [0, 0.1) is 35.5 Å². The summed E-state index contributed by atoms with van der Waals surface area (Å²) in [5, 5.41) is 2.65. The standard InChI is InChI=1S/C27H45N3O2S/c1-17(2)22-10-8-19(5)12-24(22)30(25-13-20(6)9-11-23(25)18(3)4)16-28-27-29-21(15-33-27)14-26(31)32-7/h15-20,22-25H,8-14H2,1-7H3. The van der Waals surface area contributed by atoms with Crippen LogP contribution in [0.1, 0.15) is 85.8 Å². The summed E-state index contributed by atoms with van der Waals surface area (Å²) in [6, 6.07) is 1.06. The molecule has 2 aliphatic rings. The monoisotopic (exact) mass is 475 g/mol. The maximum atomic E-state index is 11.6. The van der Waals surface area contributed by atoms with E-state index in [2.05, 4.69) is 57.8 Å². The van der Waals surface area contributed by atoms with Gasteiger partial charge >= 0.3 is 5.97 Å². The van der Waals surface area contributed by atoms with Crippen molar-refractivity contribution in [3.05, 3.63) is 11.1 Å². The van der Waals surface area contributed by atoms with E-state index in [9.17, 15) is 4.79 Å². The minimum Gasteiger partial charge on any atom is -0.469 e. The number of esters is 1. The molecule has 0 N–H and O–H groups in total. The lowest BCUT2D eigenvalue weighted by molar-refractivity contribution is -0.139. The first-order chi connectivity index (χ1) is 15.7. The number of hydrogen-bond acceptors (Lipinski definition) is 5. The Bertz CT molecular complexity index is 758. The molecule has 6 heteroatoms. The van der Waals surface area contributed by atoms with Crippen molar-refractivity contribution in [3.63, 3.8) is 0 Å². The molecule has 6 atom stereocenters. The fourth-order valence-electron chi connectivity index (χ4n) is 6.18. The molecule has 186 valence electrons. The van der Waals surface area contributed by atoms with Gasteiger partial charge in [-0.15, -0.1) is 11.3 Å². The number of aliphatic imine (C=N–C) groups is 1. The second-order valence-corrected chi connectivity index (χ2v) is 12.2. The van der Waals surface area contributed by atoms with Gasteiger partial charge in [0.25, 0.3) is 0 Å². The molecule has 2 saturated carbocycles. The van der Waals surface area contributed by atoms with E-state index in [0.717, 1.165) is 22.7 Å². The smallest absolute Gasteiger partial charge is 0.311 e. The summed E-state index contributed by atoms with van der Waals surface area (Å²) in [4.78, 5) is 23.8. The fraction of sp³-hybridized carbons (Fsp3) is 0.815. The summed E-state index contributed by atoms with van der Waals surface area (Å²) in [7, 11) is 1.41. The van der Waals surface area contributed by atoms with E-state index in [0.29, 0.717) is 35.8 Å². The molecule has 1 aromatic heterocycles. The van der Waals surface area contributed by atoms with Crippen LogP contribution in [0.2, 0.25) is 0 Å². The minimum absolute atomic E-state index is 0.206. The summed E-state index contributed by atoms with van der Waals surface area (Å²) in [6.45, 7) is 14.4. The van der Waals surface area contributed by atoms with Crippen LogP contribution in [-0.4, -0.2) is 41.4 Å². The topological polar surface area (TPSA) is 54.8 Å². The highest BCUT2D eigenvalue weighted by molar-refractivity contribution is 7.13. The first-order valence-corrected chi connectivity index (χ1v) is 13.9. The van der Waals surface area contributed by atoms with Crippen LogP contribution in [-0.2, 0) is 16.0 Å². The summed E-state index contributed by atoms with van der Waals surface area (Å²) < 4.78 is 4.79. The molecule has 2 aliphatic carbocycles. The van der Waals surface area contributed by atoms with Crippen LogP contribution in [0.3, 0.4) is 0 Å². The number of hydrogen-bond donors (Lipinski definition) is 0. The van der Waals surface area contributed by atoms with Gasteiger partial charge < -0.3 is 9.64 Å². The number of ether oxygens (including phenoxy) is 1. The molecule has 0 bridgehead atoms. The molecular weight excluding hydrogens is 430 g/mol. The second kappa shape index (κ2) is 11.8. The molecule has 5 nitrogen and oxygen atoms in total. The zero-order chi connectivity index (χ0) is 24.1. The van der Waals surface area contributed by atoms with Crippen molar-refractivity contribution in [2.24, 2.45) is 40.5 Å². The molecule has 1 aromatic rings. The van der Waals surface area contributed by atoms with Crippen LogP contribution >= 0.6 is 11.3 Å². The zero-order valence-electron chi connectivity index (χ0n) is 21.8. The second-order valence-electron chi connectivity index (χ2n) is 11.4. The molecule has 2 fully saturated rings. The first-order valence-electron chi connectivity index (χ1n) is 13.0. The summed E-state index contributed by atoms with van der Waals surface area (Å²) in [5.74, 6) is 3.99. The van der Waals surface area contributed by atoms with E-state index in [1.54, 1.807) is 0 Å². The van der Waals surface area contributed by atoms with Gasteiger partial charge in [0.2, 0.25) is 5.13 Å². The van der Waals surface area contributed by atoms with Gasteiger partial charge in [-0.2, -0.15) is 0 Å². The average Bonchev–Trinajstić information content (AvgIpc) is 3.20. The number of rotatable bonds is 8. The Morgan fingerprint density at radius 1 is 1.09 bits per heavy atom. The number of thiazole rings is 1. The van der Waals surface area contributed by atoms with E-state index in [1.165, 1.54) is 57.0 Å². The Labute approximate surface area is 205 Å².